The standard InChI is InChI=1S/C26H34ClN3O8/c1-15(14-37-23(35)38-24(2,3)4)12-29-13-16-10-18(27)19(36-5)11-17(16)26(29)8-6-25(7-9-26)20(31)30(22(33)34)21(32)28-25/h10-11,15H,6-9,12-14H2,1-5H3,(H,28,32)(H,33,34)/t15-,25?,26?/m1/s1. The Morgan fingerprint density at radius 3 is 2.39 bits per heavy atom. The van der Waals surface area contributed by atoms with Crippen LogP contribution in [0.4, 0.5) is 14.4 Å². The molecule has 11 nitrogen and oxygen atoms in total. The summed E-state index contributed by atoms with van der Waals surface area (Å²) in [5.41, 5.74) is -0.348. The van der Waals surface area contributed by atoms with Gasteiger partial charge in [-0.1, -0.05) is 18.5 Å². The molecule has 2 N–H and O–H groups in total. The number of nitrogens with one attached hydrogen (secondary N) is 1. The molecule has 4 amide bonds. The summed E-state index contributed by atoms with van der Waals surface area (Å²) in [6.45, 7) is 8.61. The van der Waals surface area contributed by atoms with E-state index < -0.39 is 40.9 Å². The second-order valence-corrected chi connectivity index (χ2v) is 11.8. The Morgan fingerprint density at radius 2 is 1.84 bits per heavy atom. The number of hydrogen-bond acceptors (Lipinski definition) is 8. The van der Waals surface area contributed by atoms with Crippen LogP contribution in [0.5, 0.6) is 5.75 Å². The molecule has 12 heteroatoms. The summed E-state index contributed by atoms with van der Waals surface area (Å²) in [7, 11) is 1.55. The van der Waals surface area contributed by atoms with E-state index in [2.05, 4.69) is 10.2 Å². The highest BCUT2D eigenvalue weighted by molar-refractivity contribution is 6.32. The lowest BCUT2D eigenvalue weighted by atomic mass is 9.69. The molecule has 3 aliphatic rings. The molecule has 2 aliphatic heterocycles. The third kappa shape index (κ3) is 5.01. The second kappa shape index (κ2) is 9.92. The average Bonchev–Trinajstić information content (AvgIpc) is 3.22. The first-order valence-corrected chi connectivity index (χ1v) is 13.0. The number of halogens is 1. The normalized spacial score (nSPS) is 25.9. The third-order valence-electron chi connectivity index (χ3n) is 7.54. The highest BCUT2D eigenvalue weighted by atomic mass is 35.5. The molecule has 0 radical (unpaired) electrons. The number of amides is 4. The first-order chi connectivity index (χ1) is 17.7. The maximum Gasteiger partial charge on any atom is 0.508 e. The van der Waals surface area contributed by atoms with Gasteiger partial charge in [-0.25, -0.2) is 14.4 Å². The number of carbonyl (C=O) groups excluding carboxylic acids is 3. The van der Waals surface area contributed by atoms with Crippen molar-refractivity contribution in [2.45, 2.75) is 76.6 Å². The van der Waals surface area contributed by atoms with Gasteiger partial charge in [0.15, 0.2) is 0 Å². The number of hydrogen-bond donors (Lipinski definition) is 2. The number of carbonyl (C=O) groups is 4. The molecule has 1 saturated carbocycles. The maximum absolute atomic E-state index is 13.0. The van der Waals surface area contributed by atoms with E-state index in [0.29, 0.717) is 36.7 Å². The van der Waals surface area contributed by atoms with Crippen molar-refractivity contribution < 1.29 is 38.5 Å². The molecule has 4 rings (SSSR count). The van der Waals surface area contributed by atoms with Crippen LogP contribution in [-0.4, -0.2) is 70.5 Å². The topological polar surface area (TPSA) is 135 Å². The summed E-state index contributed by atoms with van der Waals surface area (Å²) in [6, 6.07) is 2.90. The number of fused-ring (bicyclic) bond motifs is 2. The molecule has 1 aromatic rings. The van der Waals surface area contributed by atoms with Gasteiger partial charge in [-0.15, -0.1) is 0 Å². The largest absolute Gasteiger partial charge is 0.508 e. The lowest BCUT2D eigenvalue weighted by Crippen LogP contribution is -2.56. The van der Waals surface area contributed by atoms with Crippen molar-refractivity contribution in [2.75, 3.05) is 20.3 Å². The number of imide groups is 3. The van der Waals surface area contributed by atoms with E-state index in [1.165, 1.54) is 0 Å². The Bertz CT molecular complexity index is 1160. The molecule has 38 heavy (non-hydrogen) atoms. The van der Waals surface area contributed by atoms with Crippen LogP contribution in [0.15, 0.2) is 12.1 Å². The molecule has 0 aromatic heterocycles. The summed E-state index contributed by atoms with van der Waals surface area (Å²) in [5, 5.41) is 12.5. The third-order valence-corrected chi connectivity index (χ3v) is 7.83. The summed E-state index contributed by atoms with van der Waals surface area (Å²) < 4.78 is 16.1. The quantitative estimate of drug-likeness (QED) is 0.401. The molecular formula is C26H34ClN3O8. The molecule has 1 aromatic carbocycles. The number of methoxy groups -OCH3 is 1. The van der Waals surface area contributed by atoms with E-state index in [4.69, 9.17) is 25.8 Å². The fourth-order valence-corrected chi connectivity index (χ4v) is 6.07. The van der Waals surface area contributed by atoms with Gasteiger partial charge in [0, 0.05) is 24.5 Å². The van der Waals surface area contributed by atoms with Crippen LogP contribution in [0, 0.1) is 5.92 Å². The second-order valence-electron chi connectivity index (χ2n) is 11.4. The minimum absolute atomic E-state index is 0.0442. The van der Waals surface area contributed by atoms with Gasteiger partial charge in [-0.05, 0) is 69.7 Å². The summed E-state index contributed by atoms with van der Waals surface area (Å²) in [5.74, 6) is -0.241. The van der Waals surface area contributed by atoms with Crippen molar-refractivity contribution in [2.24, 2.45) is 5.92 Å². The molecule has 1 saturated heterocycles. The minimum atomic E-state index is -1.59. The van der Waals surface area contributed by atoms with Crippen LogP contribution >= 0.6 is 11.6 Å². The van der Waals surface area contributed by atoms with E-state index in [-0.39, 0.29) is 30.3 Å². The van der Waals surface area contributed by atoms with Gasteiger partial charge >= 0.3 is 18.3 Å². The maximum atomic E-state index is 13.0. The van der Waals surface area contributed by atoms with E-state index in [1.54, 1.807) is 27.9 Å². The average molecular weight is 552 g/mol. The summed E-state index contributed by atoms with van der Waals surface area (Å²) in [4.78, 5) is 51.4. The SMILES string of the molecule is COc1cc2c(cc1Cl)CN(C[C@@H](C)COC(=O)OC(C)(C)C)C21CCC2(CC1)NC(=O)N(C(=O)O)C2=O. The number of rotatable bonds is 5. The lowest BCUT2D eigenvalue weighted by molar-refractivity contribution is -0.132. The van der Waals surface area contributed by atoms with Crippen LogP contribution in [0.3, 0.4) is 0 Å². The predicted octanol–water partition coefficient (Wildman–Crippen LogP) is 4.49. The minimum Gasteiger partial charge on any atom is -0.495 e. The van der Waals surface area contributed by atoms with Crippen LogP contribution in [0.25, 0.3) is 0 Å². The van der Waals surface area contributed by atoms with Crippen molar-refractivity contribution in [1.82, 2.24) is 15.1 Å². The Kier molecular flexibility index (Phi) is 7.30. The first-order valence-electron chi connectivity index (χ1n) is 12.6. The van der Waals surface area contributed by atoms with Crippen molar-refractivity contribution in [3.8, 4) is 5.75 Å². The Hall–Kier alpha value is -3.05. The van der Waals surface area contributed by atoms with Crippen molar-refractivity contribution in [3.63, 3.8) is 0 Å². The van der Waals surface area contributed by atoms with Crippen molar-refractivity contribution in [3.05, 3.63) is 28.3 Å². The van der Waals surface area contributed by atoms with E-state index in [0.717, 1.165) is 11.1 Å². The first kappa shape index (κ1) is 28.0. The summed E-state index contributed by atoms with van der Waals surface area (Å²) >= 11 is 6.44. The van der Waals surface area contributed by atoms with Crippen LogP contribution < -0.4 is 10.1 Å². The molecule has 1 atom stereocenters. The zero-order valence-electron chi connectivity index (χ0n) is 22.3. The molecule has 0 bridgehead atoms. The Morgan fingerprint density at radius 1 is 1.18 bits per heavy atom. The zero-order chi connectivity index (χ0) is 28.0. The van der Waals surface area contributed by atoms with Gasteiger partial charge in [0.05, 0.1) is 18.7 Å². The zero-order valence-corrected chi connectivity index (χ0v) is 23.0. The fraction of sp³-hybridized carbons (Fsp3) is 0.615. The van der Waals surface area contributed by atoms with Crippen molar-refractivity contribution in [1.29, 1.82) is 0 Å². The number of carboxylic acid groups (broad SMARTS) is 1. The van der Waals surface area contributed by atoms with Crippen molar-refractivity contribution >= 4 is 35.8 Å². The highest BCUT2D eigenvalue weighted by Crippen LogP contribution is 2.53. The number of benzene rings is 1. The fourth-order valence-electron chi connectivity index (χ4n) is 5.81. The van der Waals surface area contributed by atoms with Gasteiger partial charge in [0.2, 0.25) is 0 Å². The smallest absolute Gasteiger partial charge is 0.495 e. The van der Waals surface area contributed by atoms with Gasteiger partial charge in [-0.3, -0.25) is 9.69 Å². The molecular weight excluding hydrogens is 518 g/mol. The van der Waals surface area contributed by atoms with E-state index in [9.17, 15) is 24.3 Å². The van der Waals surface area contributed by atoms with Gasteiger partial charge in [-0.2, -0.15) is 4.90 Å². The lowest BCUT2D eigenvalue weighted by Gasteiger charge is -2.47. The Labute approximate surface area is 226 Å². The number of ether oxygens (including phenoxy) is 3. The predicted molar refractivity (Wildman–Crippen MR) is 136 cm³/mol. The number of nitrogens with zero attached hydrogens (tertiary/aromatic N) is 2. The molecule has 208 valence electrons. The summed E-state index contributed by atoms with van der Waals surface area (Å²) in [6.07, 6.45) is -0.793. The molecule has 0 unspecified atom stereocenters. The van der Waals surface area contributed by atoms with Crippen LogP contribution in [-0.2, 0) is 26.4 Å². The monoisotopic (exact) mass is 551 g/mol. The van der Waals surface area contributed by atoms with Crippen LogP contribution in [0.1, 0.15) is 64.5 Å². The highest BCUT2D eigenvalue weighted by Gasteiger charge is 2.59. The molecule has 2 fully saturated rings. The van der Waals surface area contributed by atoms with E-state index in [1.807, 2.05) is 19.1 Å². The van der Waals surface area contributed by atoms with Crippen LogP contribution in [0.2, 0.25) is 5.02 Å². The molecule has 1 aliphatic carbocycles. The molecule has 2 spiro atoms. The van der Waals surface area contributed by atoms with E-state index >= 15 is 0 Å². The molecule has 2 heterocycles. The van der Waals surface area contributed by atoms with Gasteiger partial charge in [0.25, 0.3) is 5.91 Å². The number of urea groups is 1. The van der Waals surface area contributed by atoms with Gasteiger partial charge < -0.3 is 24.6 Å². The van der Waals surface area contributed by atoms with Gasteiger partial charge in [0.1, 0.15) is 16.9 Å². The Balaban J connectivity index is 1.57.